The third kappa shape index (κ3) is 5.52. The molecule has 2 aliphatic rings. The molecule has 1 amide bonds. The second-order valence-corrected chi connectivity index (χ2v) is 15.4. The fourth-order valence-corrected chi connectivity index (χ4v) is 8.47. The summed E-state index contributed by atoms with van der Waals surface area (Å²) in [6.45, 7) is 3.60. The van der Waals surface area contributed by atoms with Crippen LogP contribution in [0.4, 0.5) is 0 Å². The van der Waals surface area contributed by atoms with E-state index in [-0.39, 0.29) is 34.6 Å². The van der Waals surface area contributed by atoms with Gasteiger partial charge in [0.15, 0.2) is 5.65 Å². The van der Waals surface area contributed by atoms with Gasteiger partial charge >= 0.3 is 0 Å². The minimum absolute atomic E-state index is 0.0969. The first-order chi connectivity index (χ1) is 20.9. The van der Waals surface area contributed by atoms with Crippen molar-refractivity contribution >= 4 is 42.6 Å². The lowest BCUT2D eigenvalue weighted by Crippen LogP contribution is -2.42. The highest BCUT2D eigenvalue weighted by Crippen LogP contribution is 2.36. The highest BCUT2D eigenvalue weighted by atomic mass is 32.2. The number of aromatic nitrogens is 3. The molecule has 1 saturated carbocycles. The van der Waals surface area contributed by atoms with Crippen LogP contribution in [0.5, 0.6) is 0 Å². The van der Waals surface area contributed by atoms with Gasteiger partial charge in [0.1, 0.15) is 11.2 Å². The van der Waals surface area contributed by atoms with E-state index in [1.54, 1.807) is 68.5 Å². The molecular formula is C31H30N6O5S2. The lowest BCUT2D eigenvalue weighted by atomic mass is 10.1. The zero-order valence-corrected chi connectivity index (χ0v) is 25.8. The quantitative estimate of drug-likeness (QED) is 0.307. The maximum atomic E-state index is 14.0. The van der Waals surface area contributed by atoms with Gasteiger partial charge in [-0.25, -0.2) is 30.8 Å². The Morgan fingerprint density at radius 1 is 1.05 bits per heavy atom. The summed E-state index contributed by atoms with van der Waals surface area (Å²) in [5.74, 6) is -0.503. The Bertz CT molecular complexity index is 2080. The number of benzene rings is 1. The molecular weight excluding hydrogens is 601 g/mol. The van der Waals surface area contributed by atoms with E-state index in [9.17, 15) is 26.9 Å². The monoisotopic (exact) mass is 630 g/mol. The minimum Gasteiger partial charge on any atom is -0.333 e. The number of hydrogen-bond acceptors (Lipinski definition) is 8. The molecule has 1 aliphatic carbocycles. The van der Waals surface area contributed by atoms with Crippen molar-refractivity contribution in [3.63, 3.8) is 0 Å². The van der Waals surface area contributed by atoms with Crippen LogP contribution in [0.25, 0.3) is 27.9 Å². The second kappa shape index (κ2) is 11.0. The van der Waals surface area contributed by atoms with Gasteiger partial charge in [-0.15, -0.1) is 0 Å². The summed E-state index contributed by atoms with van der Waals surface area (Å²) in [6.07, 6.45) is 4.98. The minimum atomic E-state index is -4.08. The number of hydrogen-bond donors (Lipinski definition) is 1. The maximum absolute atomic E-state index is 14.0. The van der Waals surface area contributed by atoms with Gasteiger partial charge in [0, 0.05) is 30.2 Å². The standard InChI is InChI=1S/C31H30N6O5S2/c1-31(2,20-32)35-30(38)27-10-6-9-26(34-27)23-17-22-18-28(21-13-15-36(16-14-21)43(39,40)25-11-12-25)37(29(22)33-19-23)44(41,42)24-7-4-3-5-8-24/h3-10,13,17-19,25H,11-12,14-16H2,1-2H3,(H,35,38). The summed E-state index contributed by atoms with van der Waals surface area (Å²) >= 11 is 0. The third-order valence-electron chi connectivity index (χ3n) is 7.67. The van der Waals surface area contributed by atoms with Crippen LogP contribution in [0.1, 0.15) is 49.3 Å². The highest BCUT2D eigenvalue weighted by Gasteiger charge is 2.40. The maximum Gasteiger partial charge on any atom is 0.271 e. The van der Waals surface area contributed by atoms with Gasteiger partial charge in [0.2, 0.25) is 10.0 Å². The van der Waals surface area contributed by atoms with Gasteiger partial charge in [-0.2, -0.15) is 9.57 Å². The molecule has 1 aliphatic heterocycles. The average molecular weight is 631 g/mol. The summed E-state index contributed by atoms with van der Waals surface area (Å²) in [5.41, 5.74) is 1.39. The molecule has 1 N–H and O–H groups in total. The van der Waals surface area contributed by atoms with E-state index in [0.717, 1.165) is 0 Å². The number of nitriles is 1. The molecule has 1 aromatic carbocycles. The van der Waals surface area contributed by atoms with Crippen LogP contribution in [-0.4, -0.2) is 64.9 Å². The lowest BCUT2D eigenvalue weighted by Gasteiger charge is -2.26. The topological polar surface area (TPSA) is 155 Å². The molecule has 13 heteroatoms. The van der Waals surface area contributed by atoms with Crippen molar-refractivity contribution in [2.24, 2.45) is 0 Å². The molecule has 0 radical (unpaired) electrons. The van der Waals surface area contributed by atoms with E-state index < -0.39 is 31.5 Å². The van der Waals surface area contributed by atoms with Gasteiger partial charge in [-0.3, -0.25) is 4.79 Å². The van der Waals surface area contributed by atoms with E-state index in [1.165, 1.54) is 26.6 Å². The van der Waals surface area contributed by atoms with Crippen molar-refractivity contribution in [2.75, 3.05) is 13.1 Å². The van der Waals surface area contributed by atoms with Crippen molar-refractivity contribution < 1.29 is 21.6 Å². The molecule has 4 heterocycles. The van der Waals surface area contributed by atoms with Crippen LogP contribution in [0.15, 0.2) is 77.8 Å². The van der Waals surface area contributed by atoms with Crippen molar-refractivity contribution in [3.05, 3.63) is 84.3 Å². The zero-order valence-electron chi connectivity index (χ0n) is 24.1. The number of nitrogens with one attached hydrogen (secondary N) is 1. The second-order valence-electron chi connectivity index (χ2n) is 11.4. The summed E-state index contributed by atoms with van der Waals surface area (Å²) in [4.78, 5) is 21.9. The molecule has 3 aromatic heterocycles. The molecule has 44 heavy (non-hydrogen) atoms. The first-order valence-electron chi connectivity index (χ1n) is 14.1. The molecule has 0 atom stereocenters. The summed E-state index contributed by atoms with van der Waals surface area (Å²) in [7, 11) is -7.43. The van der Waals surface area contributed by atoms with Gasteiger partial charge in [0.25, 0.3) is 15.9 Å². The molecule has 6 rings (SSSR count). The Balaban J connectivity index is 1.43. The number of sulfonamides is 1. The molecule has 0 spiro atoms. The summed E-state index contributed by atoms with van der Waals surface area (Å²) in [6, 6.07) is 18.5. The Morgan fingerprint density at radius 3 is 2.45 bits per heavy atom. The number of carbonyl (C=O) groups is 1. The van der Waals surface area contributed by atoms with E-state index in [1.807, 2.05) is 6.07 Å². The lowest BCUT2D eigenvalue weighted by molar-refractivity contribution is 0.0924. The van der Waals surface area contributed by atoms with E-state index >= 15 is 0 Å². The number of pyridine rings is 2. The van der Waals surface area contributed by atoms with Crippen molar-refractivity contribution in [1.82, 2.24) is 23.6 Å². The molecule has 0 saturated heterocycles. The largest absolute Gasteiger partial charge is 0.333 e. The smallest absolute Gasteiger partial charge is 0.271 e. The number of fused-ring (bicyclic) bond motifs is 1. The highest BCUT2D eigenvalue weighted by molar-refractivity contribution is 7.90. The summed E-state index contributed by atoms with van der Waals surface area (Å²) in [5, 5.41) is 12.1. The predicted octanol–water partition coefficient (Wildman–Crippen LogP) is 3.95. The molecule has 0 unspecified atom stereocenters. The van der Waals surface area contributed by atoms with Crippen LogP contribution in [0, 0.1) is 11.3 Å². The van der Waals surface area contributed by atoms with Gasteiger partial charge in [0.05, 0.1) is 27.6 Å². The molecule has 4 aromatic rings. The van der Waals surface area contributed by atoms with E-state index in [4.69, 9.17) is 0 Å². The Labute approximate surface area is 256 Å². The van der Waals surface area contributed by atoms with Gasteiger partial charge in [-0.05, 0) is 75.1 Å². The number of carbonyl (C=O) groups excluding carboxylic acids is 1. The molecule has 11 nitrogen and oxygen atoms in total. The zero-order chi connectivity index (χ0) is 31.3. The van der Waals surface area contributed by atoms with Crippen LogP contribution in [-0.2, 0) is 20.0 Å². The van der Waals surface area contributed by atoms with Gasteiger partial charge in [-0.1, -0.05) is 30.3 Å². The van der Waals surface area contributed by atoms with Crippen molar-refractivity contribution in [2.45, 2.75) is 48.8 Å². The van der Waals surface area contributed by atoms with Crippen LogP contribution in [0.3, 0.4) is 0 Å². The van der Waals surface area contributed by atoms with Crippen molar-refractivity contribution in [1.29, 1.82) is 5.26 Å². The first kappa shape index (κ1) is 29.7. The van der Waals surface area contributed by atoms with Crippen LogP contribution >= 0.6 is 0 Å². The van der Waals surface area contributed by atoms with Crippen LogP contribution in [0.2, 0.25) is 0 Å². The SMILES string of the molecule is CC(C)(C#N)NC(=O)c1cccc(-c2cnc3c(c2)cc(C2=CCN(S(=O)(=O)C4CC4)CC2)n3S(=O)(=O)c2ccccc2)n1. The van der Waals surface area contributed by atoms with Crippen molar-refractivity contribution in [3.8, 4) is 17.3 Å². The Kier molecular flexibility index (Phi) is 7.39. The molecule has 1 fully saturated rings. The van der Waals surface area contributed by atoms with Gasteiger partial charge < -0.3 is 5.32 Å². The summed E-state index contributed by atoms with van der Waals surface area (Å²) < 4.78 is 56.3. The van der Waals surface area contributed by atoms with Crippen LogP contribution < -0.4 is 5.32 Å². The number of amides is 1. The average Bonchev–Trinajstić information content (AvgIpc) is 3.82. The fraction of sp³-hybridized carbons (Fsp3) is 0.290. The first-order valence-corrected chi connectivity index (χ1v) is 17.1. The Hall–Kier alpha value is -4.38. The number of nitrogens with zero attached hydrogens (tertiary/aromatic N) is 5. The fourth-order valence-electron chi connectivity index (χ4n) is 5.16. The Morgan fingerprint density at radius 2 is 1.80 bits per heavy atom. The predicted molar refractivity (Wildman–Crippen MR) is 165 cm³/mol. The van der Waals surface area contributed by atoms with E-state index in [2.05, 4.69) is 15.3 Å². The third-order valence-corrected chi connectivity index (χ3v) is 11.8. The normalized spacial score (nSPS) is 16.3. The molecule has 226 valence electrons. The molecule has 0 bridgehead atoms. The van der Waals surface area contributed by atoms with E-state index in [0.29, 0.717) is 47.2 Å². The number of rotatable bonds is 8.